The van der Waals surface area contributed by atoms with Gasteiger partial charge in [-0.05, 0) is 48.1 Å². The van der Waals surface area contributed by atoms with Crippen LogP contribution in [0.5, 0.6) is 0 Å². The predicted molar refractivity (Wildman–Crippen MR) is 122 cm³/mol. The van der Waals surface area contributed by atoms with Gasteiger partial charge >= 0.3 is 6.18 Å². The SMILES string of the molecule is N#CC(NC(=O)/C(N)=C/N(N)CCNC(=O)c1ccc(C(F)(F)F)cc1F)c1ccc(C2CC2)cc1. The minimum absolute atomic E-state index is 0.0632. The Bertz CT molecular complexity index is 1190. The van der Waals surface area contributed by atoms with Gasteiger partial charge in [0.25, 0.3) is 11.8 Å². The number of nitrogens with one attached hydrogen (secondary N) is 2. The third-order valence-electron chi connectivity index (χ3n) is 5.49. The summed E-state index contributed by atoms with van der Waals surface area (Å²) in [4.78, 5) is 24.4. The van der Waals surface area contributed by atoms with E-state index >= 15 is 0 Å². The van der Waals surface area contributed by atoms with Crippen molar-refractivity contribution in [3.8, 4) is 6.07 Å². The molecule has 1 aliphatic rings. The van der Waals surface area contributed by atoms with Crippen LogP contribution in [-0.2, 0) is 11.0 Å². The lowest BCUT2D eigenvalue weighted by Gasteiger charge is -2.17. The smallest absolute Gasteiger partial charge is 0.393 e. The quantitative estimate of drug-likeness (QED) is 0.179. The molecule has 12 heteroatoms. The summed E-state index contributed by atoms with van der Waals surface area (Å²) in [6.45, 7) is -0.193. The summed E-state index contributed by atoms with van der Waals surface area (Å²) in [6, 6.07) is 10.1. The molecule has 2 amide bonds. The molecule has 0 heterocycles. The molecular weight excluding hydrogens is 480 g/mol. The molecule has 1 atom stereocenters. The van der Waals surface area contributed by atoms with E-state index in [-0.39, 0.29) is 24.9 Å². The van der Waals surface area contributed by atoms with Crippen molar-refractivity contribution in [2.45, 2.75) is 31.0 Å². The van der Waals surface area contributed by atoms with E-state index in [2.05, 4.69) is 10.6 Å². The van der Waals surface area contributed by atoms with E-state index in [1.165, 1.54) is 5.56 Å². The summed E-state index contributed by atoms with van der Waals surface area (Å²) < 4.78 is 51.8. The number of nitrogens with zero attached hydrogens (tertiary/aromatic N) is 2. The summed E-state index contributed by atoms with van der Waals surface area (Å²) >= 11 is 0. The minimum atomic E-state index is -4.73. The molecule has 2 aromatic rings. The van der Waals surface area contributed by atoms with Crippen molar-refractivity contribution in [3.63, 3.8) is 0 Å². The maximum absolute atomic E-state index is 13.9. The molecule has 190 valence electrons. The molecular formula is C24H24F4N6O2. The van der Waals surface area contributed by atoms with Crippen LogP contribution in [0.1, 0.15) is 51.8 Å². The van der Waals surface area contributed by atoms with E-state index in [4.69, 9.17) is 11.6 Å². The number of nitrogens with two attached hydrogens (primary N) is 2. The van der Waals surface area contributed by atoms with Crippen LogP contribution < -0.4 is 22.2 Å². The lowest BCUT2D eigenvalue weighted by atomic mass is 10.0. The number of hydrogen-bond donors (Lipinski definition) is 4. The first-order valence-corrected chi connectivity index (χ1v) is 10.9. The topological polar surface area (TPSA) is 137 Å². The molecule has 2 aromatic carbocycles. The second-order valence-electron chi connectivity index (χ2n) is 8.25. The predicted octanol–water partition coefficient (Wildman–Crippen LogP) is 2.81. The van der Waals surface area contributed by atoms with Gasteiger partial charge in [0.15, 0.2) is 0 Å². The first-order chi connectivity index (χ1) is 17.0. The average Bonchev–Trinajstić information content (AvgIpc) is 3.67. The molecule has 0 saturated heterocycles. The minimum Gasteiger partial charge on any atom is -0.393 e. The Labute approximate surface area is 204 Å². The van der Waals surface area contributed by atoms with Crippen LogP contribution in [-0.4, -0.2) is 29.9 Å². The number of halogens is 4. The van der Waals surface area contributed by atoms with Crippen molar-refractivity contribution in [1.29, 1.82) is 5.26 Å². The molecule has 36 heavy (non-hydrogen) atoms. The highest BCUT2D eigenvalue weighted by Gasteiger charge is 2.31. The number of carbonyl (C=O) groups excluding carboxylic acids is 2. The van der Waals surface area contributed by atoms with Crippen molar-refractivity contribution in [2.75, 3.05) is 13.1 Å². The molecule has 0 aromatic heterocycles. The number of nitriles is 1. The second kappa shape index (κ2) is 11.1. The molecule has 1 fully saturated rings. The number of alkyl halides is 3. The summed E-state index contributed by atoms with van der Waals surface area (Å²) in [5.74, 6) is 3.31. The Balaban J connectivity index is 1.49. The molecule has 3 rings (SSSR count). The molecule has 0 radical (unpaired) electrons. The Hall–Kier alpha value is -4.11. The fourth-order valence-electron chi connectivity index (χ4n) is 3.35. The van der Waals surface area contributed by atoms with E-state index < -0.39 is 41.0 Å². The zero-order chi connectivity index (χ0) is 26.5. The van der Waals surface area contributed by atoms with Gasteiger partial charge in [-0.2, -0.15) is 18.4 Å². The summed E-state index contributed by atoms with van der Waals surface area (Å²) in [7, 11) is 0. The van der Waals surface area contributed by atoms with Crippen molar-refractivity contribution < 1.29 is 27.2 Å². The molecule has 0 bridgehead atoms. The van der Waals surface area contributed by atoms with Crippen LogP contribution in [0.2, 0.25) is 0 Å². The fraction of sp³-hybridized carbons (Fsp3) is 0.292. The van der Waals surface area contributed by atoms with Crippen molar-refractivity contribution in [1.82, 2.24) is 15.6 Å². The molecule has 6 N–H and O–H groups in total. The van der Waals surface area contributed by atoms with E-state index in [1.807, 2.05) is 18.2 Å². The number of rotatable bonds is 9. The number of hydrazine groups is 1. The van der Waals surface area contributed by atoms with Crippen LogP contribution in [0.3, 0.4) is 0 Å². The molecule has 1 saturated carbocycles. The normalized spacial score (nSPS) is 14.5. The molecule has 1 unspecified atom stereocenters. The highest BCUT2D eigenvalue weighted by atomic mass is 19.4. The summed E-state index contributed by atoms with van der Waals surface area (Å²) in [6.07, 6.45) is -1.36. The van der Waals surface area contributed by atoms with Crippen LogP contribution >= 0.6 is 0 Å². The van der Waals surface area contributed by atoms with Gasteiger partial charge in [0, 0.05) is 12.7 Å². The Morgan fingerprint density at radius 2 is 1.86 bits per heavy atom. The van der Waals surface area contributed by atoms with E-state index in [1.54, 1.807) is 12.1 Å². The van der Waals surface area contributed by atoms with Gasteiger partial charge < -0.3 is 21.4 Å². The van der Waals surface area contributed by atoms with Gasteiger partial charge in [0.05, 0.1) is 23.7 Å². The highest BCUT2D eigenvalue weighted by molar-refractivity contribution is 5.94. The first-order valence-electron chi connectivity index (χ1n) is 10.9. The molecule has 0 spiro atoms. The van der Waals surface area contributed by atoms with Crippen LogP contribution in [0.4, 0.5) is 17.6 Å². The van der Waals surface area contributed by atoms with E-state index in [9.17, 15) is 32.4 Å². The largest absolute Gasteiger partial charge is 0.416 e. The van der Waals surface area contributed by atoms with Crippen molar-refractivity contribution in [3.05, 3.63) is 82.4 Å². The lowest BCUT2D eigenvalue weighted by molar-refractivity contribution is -0.137. The maximum Gasteiger partial charge on any atom is 0.416 e. The highest BCUT2D eigenvalue weighted by Crippen LogP contribution is 2.40. The molecule has 8 nitrogen and oxygen atoms in total. The van der Waals surface area contributed by atoms with Gasteiger partial charge in [-0.1, -0.05) is 24.3 Å². The van der Waals surface area contributed by atoms with Gasteiger partial charge in [-0.25, -0.2) is 10.2 Å². The van der Waals surface area contributed by atoms with Crippen LogP contribution in [0, 0.1) is 17.1 Å². The van der Waals surface area contributed by atoms with Gasteiger partial charge in [0.1, 0.15) is 17.6 Å². The Morgan fingerprint density at radius 1 is 1.19 bits per heavy atom. The van der Waals surface area contributed by atoms with Crippen molar-refractivity contribution >= 4 is 11.8 Å². The van der Waals surface area contributed by atoms with E-state index in [0.717, 1.165) is 30.1 Å². The number of benzene rings is 2. The second-order valence-corrected chi connectivity index (χ2v) is 8.25. The van der Waals surface area contributed by atoms with Gasteiger partial charge in [-0.15, -0.1) is 0 Å². The summed E-state index contributed by atoms with van der Waals surface area (Å²) in [5.41, 5.74) is 5.47. The maximum atomic E-state index is 13.9. The van der Waals surface area contributed by atoms with Crippen LogP contribution in [0.25, 0.3) is 0 Å². The monoisotopic (exact) mass is 504 g/mol. The third kappa shape index (κ3) is 6.96. The lowest BCUT2D eigenvalue weighted by Crippen LogP contribution is -2.38. The fourth-order valence-corrected chi connectivity index (χ4v) is 3.35. The Morgan fingerprint density at radius 3 is 2.42 bits per heavy atom. The number of carbonyl (C=O) groups is 2. The molecule has 1 aliphatic carbocycles. The van der Waals surface area contributed by atoms with Crippen molar-refractivity contribution in [2.24, 2.45) is 11.6 Å². The van der Waals surface area contributed by atoms with Gasteiger partial charge in [-0.3, -0.25) is 9.59 Å². The van der Waals surface area contributed by atoms with Crippen LogP contribution in [0.15, 0.2) is 54.4 Å². The Kier molecular flexibility index (Phi) is 8.16. The zero-order valence-electron chi connectivity index (χ0n) is 19.0. The first kappa shape index (κ1) is 26.5. The number of hydrogen-bond acceptors (Lipinski definition) is 6. The van der Waals surface area contributed by atoms with Gasteiger partial charge in [0.2, 0.25) is 0 Å². The standard InChI is InChI=1S/C24H24F4N6O2/c25-19-11-17(24(26,27)28)7-8-18(19)22(35)32-9-10-34(31)13-20(30)23(36)33-21(12-29)16-5-3-15(4-6-16)14-1-2-14/h3-8,11,13-14,21H,1-2,9-10,30-31H2,(H,32,35)(H,33,36)/b20-13-. The van der Waals surface area contributed by atoms with E-state index in [0.29, 0.717) is 17.5 Å². The third-order valence-corrected chi connectivity index (χ3v) is 5.49. The average molecular weight is 504 g/mol. The molecule has 0 aliphatic heterocycles. The summed E-state index contributed by atoms with van der Waals surface area (Å²) in [5, 5.41) is 15.2. The number of amides is 2. The zero-order valence-corrected chi connectivity index (χ0v) is 19.0.